The second kappa shape index (κ2) is 8.11. The molecule has 1 aliphatic rings. The highest BCUT2D eigenvalue weighted by Crippen LogP contribution is 2.55. The molecular formula is C25H24O5. The lowest BCUT2D eigenvalue weighted by molar-refractivity contribution is -0.142. The number of fused-ring (bicyclic) bond motifs is 1. The molecular weight excluding hydrogens is 380 g/mol. The van der Waals surface area contributed by atoms with Crippen LogP contribution in [-0.4, -0.2) is 32.4 Å². The average Bonchev–Trinajstić information content (AvgIpc) is 3.13. The zero-order valence-corrected chi connectivity index (χ0v) is 17.2. The molecule has 0 aliphatic heterocycles. The van der Waals surface area contributed by atoms with E-state index >= 15 is 0 Å². The van der Waals surface area contributed by atoms with Crippen LogP contribution in [-0.2, 0) is 4.79 Å². The van der Waals surface area contributed by atoms with Crippen LogP contribution in [0.5, 0.6) is 17.2 Å². The zero-order valence-electron chi connectivity index (χ0n) is 17.2. The summed E-state index contributed by atoms with van der Waals surface area (Å²) in [6.07, 6.45) is 0. The Morgan fingerprint density at radius 2 is 1.23 bits per heavy atom. The minimum atomic E-state index is -0.834. The Morgan fingerprint density at radius 3 is 1.67 bits per heavy atom. The van der Waals surface area contributed by atoms with Gasteiger partial charge in [-0.1, -0.05) is 42.5 Å². The van der Waals surface area contributed by atoms with E-state index in [4.69, 9.17) is 14.2 Å². The van der Waals surface area contributed by atoms with E-state index in [-0.39, 0.29) is 11.8 Å². The molecule has 0 spiro atoms. The van der Waals surface area contributed by atoms with Crippen molar-refractivity contribution in [3.8, 4) is 17.2 Å². The first-order valence-corrected chi connectivity index (χ1v) is 9.76. The third-order valence-electron chi connectivity index (χ3n) is 5.90. The lowest BCUT2D eigenvalue weighted by Gasteiger charge is -2.22. The largest absolute Gasteiger partial charge is 0.497 e. The van der Waals surface area contributed by atoms with Gasteiger partial charge in [-0.2, -0.15) is 0 Å². The molecule has 3 aromatic rings. The molecule has 0 unspecified atom stereocenters. The Morgan fingerprint density at radius 1 is 0.733 bits per heavy atom. The van der Waals surface area contributed by atoms with Gasteiger partial charge in [0.2, 0.25) is 0 Å². The van der Waals surface area contributed by atoms with Crippen molar-refractivity contribution in [1.29, 1.82) is 0 Å². The van der Waals surface area contributed by atoms with Gasteiger partial charge in [-0.15, -0.1) is 0 Å². The molecule has 0 saturated carbocycles. The molecule has 0 bridgehead atoms. The Bertz CT molecular complexity index is 1040. The minimum absolute atomic E-state index is 0.300. The van der Waals surface area contributed by atoms with Gasteiger partial charge in [0.25, 0.3) is 0 Å². The molecule has 0 heterocycles. The van der Waals surface area contributed by atoms with E-state index in [0.717, 1.165) is 28.0 Å². The summed E-state index contributed by atoms with van der Waals surface area (Å²) in [5.74, 6) is -0.203. The number of aliphatic carboxylic acids is 1. The fourth-order valence-electron chi connectivity index (χ4n) is 4.56. The highest BCUT2D eigenvalue weighted by atomic mass is 16.5. The van der Waals surface area contributed by atoms with Crippen molar-refractivity contribution in [3.05, 3.63) is 89.0 Å². The van der Waals surface area contributed by atoms with Crippen LogP contribution in [0.2, 0.25) is 0 Å². The molecule has 5 nitrogen and oxygen atoms in total. The summed E-state index contributed by atoms with van der Waals surface area (Å²) in [5, 5.41) is 10.3. The Labute approximate surface area is 175 Å². The molecule has 1 aliphatic carbocycles. The molecule has 3 atom stereocenters. The number of ether oxygens (including phenoxy) is 3. The third kappa shape index (κ3) is 3.26. The fraction of sp³-hybridized carbons (Fsp3) is 0.240. The van der Waals surface area contributed by atoms with Crippen LogP contribution in [0, 0.1) is 5.92 Å². The Hall–Kier alpha value is -3.47. The first kappa shape index (κ1) is 19.8. The van der Waals surface area contributed by atoms with E-state index in [2.05, 4.69) is 0 Å². The molecule has 3 aromatic carbocycles. The lowest BCUT2D eigenvalue weighted by Crippen LogP contribution is -2.23. The number of methoxy groups -OCH3 is 3. The monoisotopic (exact) mass is 404 g/mol. The summed E-state index contributed by atoms with van der Waals surface area (Å²) in [6.45, 7) is 0. The molecule has 0 radical (unpaired) electrons. The molecule has 154 valence electrons. The molecule has 30 heavy (non-hydrogen) atoms. The fourth-order valence-corrected chi connectivity index (χ4v) is 4.56. The summed E-state index contributed by atoms with van der Waals surface area (Å²) in [6, 6.07) is 21.2. The topological polar surface area (TPSA) is 65.0 Å². The maximum absolute atomic E-state index is 12.6. The van der Waals surface area contributed by atoms with Crippen molar-refractivity contribution < 1.29 is 24.1 Å². The smallest absolute Gasteiger partial charge is 0.308 e. The lowest BCUT2D eigenvalue weighted by atomic mass is 9.80. The summed E-state index contributed by atoms with van der Waals surface area (Å²) in [4.78, 5) is 12.6. The Kier molecular flexibility index (Phi) is 5.36. The minimum Gasteiger partial charge on any atom is -0.497 e. The van der Waals surface area contributed by atoms with Gasteiger partial charge in [0.05, 0.1) is 27.2 Å². The van der Waals surface area contributed by atoms with Gasteiger partial charge >= 0.3 is 5.97 Å². The van der Waals surface area contributed by atoms with E-state index in [1.54, 1.807) is 21.3 Å². The van der Waals surface area contributed by atoms with Crippen molar-refractivity contribution >= 4 is 5.97 Å². The van der Waals surface area contributed by atoms with Crippen molar-refractivity contribution in [1.82, 2.24) is 0 Å². The quantitative estimate of drug-likeness (QED) is 0.646. The molecule has 0 amide bonds. The standard InChI is InChI=1S/C25H24O5/c1-28-17-11-9-16(10-12-17)23-19-14-21(30-3)20(29-2)13-18(19)22(24(23)25(26)27)15-7-5-4-6-8-15/h4-14,22-24H,1-3H3,(H,26,27)/t22-,23-,24-/m0/s1. The van der Waals surface area contributed by atoms with Gasteiger partial charge in [0.15, 0.2) is 11.5 Å². The van der Waals surface area contributed by atoms with Crippen LogP contribution in [0.4, 0.5) is 0 Å². The molecule has 0 fully saturated rings. The maximum Gasteiger partial charge on any atom is 0.308 e. The van der Waals surface area contributed by atoms with Crippen LogP contribution >= 0.6 is 0 Å². The number of hydrogen-bond acceptors (Lipinski definition) is 4. The van der Waals surface area contributed by atoms with Crippen molar-refractivity contribution in [2.75, 3.05) is 21.3 Å². The number of carboxylic acids is 1. The van der Waals surface area contributed by atoms with Gasteiger partial charge in [-0.25, -0.2) is 0 Å². The predicted octanol–water partition coefficient (Wildman–Crippen LogP) is 4.69. The summed E-state index contributed by atoms with van der Waals surface area (Å²) >= 11 is 0. The number of carbonyl (C=O) groups is 1. The second-order valence-electron chi connectivity index (χ2n) is 7.34. The number of rotatable bonds is 6. The highest BCUT2D eigenvalue weighted by Gasteiger charge is 2.47. The van der Waals surface area contributed by atoms with E-state index in [1.165, 1.54) is 0 Å². The molecule has 1 N–H and O–H groups in total. The normalized spacial score (nSPS) is 19.8. The molecule has 4 rings (SSSR count). The van der Waals surface area contributed by atoms with E-state index in [1.807, 2.05) is 66.7 Å². The first-order chi connectivity index (χ1) is 14.6. The Balaban J connectivity index is 1.96. The highest BCUT2D eigenvalue weighted by molar-refractivity contribution is 5.78. The van der Waals surface area contributed by atoms with Crippen LogP contribution in [0.1, 0.15) is 34.1 Å². The predicted molar refractivity (Wildman–Crippen MR) is 114 cm³/mol. The van der Waals surface area contributed by atoms with Gasteiger partial charge in [0.1, 0.15) is 5.75 Å². The number of benzene rings is 3. The molecule has 5 heteroatoms. The van der Waals surface area contributed by atoms with Crippen LogP contribution in [0.15, 0.2) is 66.7 Å². The number of carboxylic acid groups (broad SMARTS) is 1. The van der Waals surface area contributed by atoms with Gasteiger partial charge < -0.3 is 19.3 Å². The molecule has 0 aromatic heterocycles. The summed E-state index contributed by atoms with van der Waals surface area (Å²) in [7, 11) is 4.79. The van der Waals surface area contributed by atoms with Crippen LogP contribution in [0.25, 0.3) is 0 Å². The zero-order chi connectivity index (χ0) is 21.3. The average molecular weight is 404 g/mol. The SMILES string of the molecule is COc1ccc([C@H]2c3cc(OC)c(OC)cc3[C@H](c3ccccc3)[C@@H]2C(=O)O)cc1. The van der Waals surface area contributed by atoms with Gasteiger partial charge in [-0.05, 0) is 46.5 Å². The van der Waals surface area contributed by atoms with E-state index in [9.17, 15) is 9.90 Å². The van der Waals surface area contributed by atoms with Crippen molar-refractivity contribution in [2.45, 2.75) is 11.8 Å². The second-order valence-corrected chi connectivity index (χ2v) is 7.34. The summed E-state index contributed by atoms with van der Waals surface area (Å²) in [5.41, 5.74) is 3.79. The first-order valence-electron chi connectivity index (χ1n) is 9.76. The van der Waals surface area contributed by atoms with Crippen molar-refractivity contribution in [3.63, 3.8) is 0 Å². The molecule has 0 saturated heterocycles. The summed E-state index contributed by atoms with van der Waals surface area (Å²) < 4.78 is 16.3. The maximum atomic E-state index is 12.6. The number of hydrogen-bond donors (Lipinski definition) is 1. The van der Waals surface area contributed by atoms with Crippen LogP contribution in [0.3, 0.4) is 0 Å². The van der Waals surface area contributed by atoms with E-state index in [0.29, 0.717) is 11.5 Å². The van der Waals surface area contributed by atoms with Crippen molar-refractivity contribution in [2.24, 2.45) is 5.92 Å². The van der Waals surface area contributed by atoms with Gasteiger partial charge in [-0.3, -0.25) is 4.79 Å². The third-order valence-corrected chi connectivity index (χ3v) is 5.90. The van der Waals surface area contributed by atoms with E-state index < -0.39 is 11.9 Å². The van der Waals surface area contributed by atoms with Crippen LogP contribution < -0.4 is 14.2 Å². The van der Waals surface area contributed by atoms with Gasteiger partial charge in [0, 0.05) is 11.8 Å².